The Balaban J connectivity index is 1.78. The highest BCUT2D eigenvalue weighted by Crippen LogP contribution is 2.34. The summed E-state index contributed by atoms with van der Waals surface area (Å²) >= 11 is 1.83. The van der Waals surface area contributed by atoms with Crippen LogP contribution in [0.1, 0.15) is 55.2 Å². The number of methoxy groups -OCH3 is 1. The molecular formula is C25H32NO2S+. The largest absolute Gasteiger partial charge is 0.496 e. The molecule has 0 amide bonds. The van der Waals surface area contributed by atoms with E-state index in [9.17, 15) is 0 Å². The number of rotatable bonds is 10. The zero-order valence-corrected chi connectivity index (χ0v) is 18.6. The van der Waals surface area contributed by atoms with Gasteiger partial charge in [0.25, 0.3) is 0 Å². The maximum atomic E-state index is 5.82. The Morgan fingerprint density at radius 1 is 0.931 bits per heavy atom. The second-order valence-electron chi connectivity index (χ2n) is 7.65. The quantitative estimate of drug-likeness (QED) is 0.486. The van der Waals surface area contributed by atoms with Gasteiger partial charge in [-0.3, -0.25) is 0 Å². The number of quaternary nitrogens is 1. The Labute approximate surface area is 178 Å². The predicted molar refractivity (Wildman–Crippen MR) is 121 cm³/mol. The Hall–Kier alpha value is -2.30. The van der Waals surface area contributed by atoms with Gasteiger partial charge in [-0.15, -0.1) is 11.3 Å². The molecule has 2 atom stereocenters. The van der Waals surface area contributed by atoms with Crippen molar-refractivity contribution in [1.82, 2.24) is 0 Å². The first kappa shape index (κ1) is 21.4. The molecule has 1 heterocycles. The third-order valence-corrected chi connectivity index (χ3v) is 6.21. The van der Waals surface area contributed by atoms with Crippen LogP contribution in [0, 0.1) is 0 Å². The van der Waals surface area contributed by atoms with Crippen LogP contribution in [0.3, 0.4) is 0 Å². The van der Waals surface area contributed by atoms with Gasteiger partial charge >= 0.3 is 0 Å². The Morgan fingerprint density at radius 2 is 1.69 bits per heavy atom. The van der Waals surface area contributed by atoms with Gasteiger partial charge in [-0.2, -0.15) is 0 Å². The van der Waals surface area contributed by atoms with Crippen LogP contribution in [0.2, 0.25) is 0 Å². The second kappa shape index (κ2) is 10.5. The maximum absolute atomic E-state index is 5.82. The van der Waals surface area contributed by atoms with E-state index in [-0.39, 0.29) is 12.0 Å². The summed E-state index contributed by atoms with van der Waals surface area (Å²) in [7, 11) is 1.75. The highest BCUT2D eigenvalue weighted by Gasteiger charge is 2.20. The van der Waals surface area contributed by atoms with Crippen LogP contribution in [0.4, 0.5) is 0 Å². The van der Waals surface area contributed by atoms with Crippen molar-refractivity contribution in [2.24, 2.45) is 0 Å². The van der Waals surface area contributed by atoms with E-state index in [1.807, 2.05) is 17.4 Å². The van der Waals surface area contributed by atoms with E-state index in [0.29, 0.717) is 6.04 Å². The first-order valence-electron chi connectivity index (χ1n) is 10.3. The average Bonchev–Trinajstić information content (AvgIpc) is 3.26. The fourth-order valence-electron chi connectivity index (χ4n) is 3.69. The lowest BCUT2D eigenvalue weighted by molar-refractivity contribution is -0.692. The van der Waals surface area contributed by atoms with Crippen molar-refractivity contribution in [1.29, 1.82) is 0 Å². The van der Waals surface area contributed by atoms with Gasteiger partial charge in [0.05, 0.1) is 24.6 Å². The molecule has 0 fully saturated rings. The number of nitrogens with two attached hydrogens (primary N) is 1. The molecule has 2 N–H and O–H groups in total. The topological polar surface area (TPSA) is 35.1 Å². The third kappa shape index (κ3) is 5.84. The zero-order valence-electron chi connectivity index (χ0n) is 17.8. The molecule has 0 spiro atoms. The van der Waals surface area contributed by atoms with Crippen molar-refractivity contribution < 1.29 is 14.8 Å². The molecular weight excluding hydrogens is 378 g/mol. The van der Waals surface area contributed by atoms with E-state index >= 15 is 0 Å². The van der Waals surface area contributed by atoms with Crippen molar-refractivity contribution in [3.05, 3.63) is 82.0 Å². The second-order valence-corrected chi connectivity index (χ2v) is 8.63. The summed E-state index contributed by atoms with van der Waals surface area (Å²) in [5.41, 5.74) is 2.53. The molecule has 3 nitrogen and oxygen atoms in total. The summed E-state index contributed by atoms with van der Waals surface area (Å²) in [5.74, 6) is 2.15. The smallest absolute Gasteiger partial charge is 0.122 e. The maximum Gasteiger partial charge on any atom is 0.122 e. The van der Waals surface area contributed by atoms with Crippen molar-refractivity contribution in [2.75, 3.05) is 13.7 Å². The van der Waals surface area contributed by atoms with Crippen LogP contribution >= 0.6 is 11.3 Å². The predicted octanol–water partition coefficient (Wildman–Crippen LogP) is 5.39. The van der Waals surface area contributed by atoms with Crippen LogP contribution in [-0.4, -0.2) is 19.8 Å². The van der Waals surface area contributed by atoms with Crippen LogP contribution in [0.5, 0.6) is 11.5 Å². The standard InChI is InChI=1S/C25H31NO2S/c1-18(2)28-21-13-11-20(12-14-21)22(23-8-5-6-9-24(23)27-4)15-16-26-19(3)25-10-7-17-29-25/h5-14,17-19,22,26H,15-16H2,1-4H3/p+1/t19-,22+/m0/s1. The lowest BCUT2D eigenvalue weighted by Crippen LogP contribution is -2.84. The lowest BCUT2D eigenvalue weighted by atomic mass is 9.87. The van der Waals surface area contributed by atoms with Crippen molar-refractivity contribution >= 4 is 11.3 Å². The van der Waals surface area contributed by atoms with Crippen molar-refractivity contribution in [3.8, 4) is 11.5 Å². The van der Waals surface area contributed by atoms with E-state index in [2.05, 4.69) is 86.1 Å². The minimum absolute atomic E-state index is 0.180. The molecule has 0 saturated heterocycles. The normalized spacial score (nSPS) is 13.3. The van der Waals surface area contributed by atoms with Crippen LogP contribution < -0.4 is 14.8 Å². The van der Waals surface area contributed by atoms with E-state index in [4.69, 9.17) is 9.47 Å². The molecule has 0 aliphatic rings. The highest BCUT2D eigenvalue weighted by atomic mass is 32.1. The lowest BCUT2D eigenvalue weighted by Gasteiger charge is -2.21. The van der Waals surface area contributed by atoms with Crippen LogP contribution in [0.25, 0.3) is 0 Å². The minimum atomic E-state index is 0.180. The summed E-state index contributed by atoms with van der Waals surface area (Å²) < 4.78 is 11.5. The molecule has 0 radical (unpaired) electrons. The molecule has 0 aliphatic carbocycles. The first-order valence-corrected chi connectivity index (χ1v) is 11.2. The molecule has 4 heteroatoms. The Kier molecular flexibility index (Phi) is 7.73. The molecule has 29 heavy (non-hydrogen) atoms. The number of thiophene rings is 1. The number of hydrogen-bond acceptors (Lipinski definition) is 3. The van der Waals surface area contributed by atoms with Crippen molar-refractivity contribution in [2.45, 2.75) is 45.3 Å². The van der Waals surface area contributed by atoms with Gasteiger partial charge in [0.15, 0.2) is 0 Å². The number of ether oxygens (including phenoxy) is 2. The van der Waals surface area contributed by atoms with E-state index in [1.54, 1.807) is 7.11 Å². The molecule has 154 valence electrons. The van der Waals surface area contributed by atoms with Gasteiger partial charge in [0.1, 0.15) is 17.5 Å². The third-order valence-electron chi connectivity index (χ3n) is 5.14. The fraction of sp³-hybridized carbons (Fsp3) is 0.360. The summed E-state index contributed by atoms with van der Waals surface area (Å²) in [4.78, 5) is 1.43. The minimum Gasteiger partial charge on any atom is -0.496 e. The Bertz CT molecular complexity index is 859. The van der Waals surface area contributed by atoms with Crippen molar-refractivity contribution in [3.63, 3.8) is 0 Å². The van der Waals surface area contributed by atoms with Gasteiger partial charge in [0.2, 0.25) is 0 Å². The van der Waals surface area contributed by atoms with Crippen LogP contribution in [-0.2, 0) is 0 Å². The molecule has 2 aromatic carbocycles. The molecule has 0 aliphatic heterocycles. The van der Waals surface area contributed by atoms with E-state index in [0.717, 1.165) is 24.5 Å². The fourth-order valence-corrected chi connectivity index (χ4v) is 4.47. The number of para-hydroxylation sites is 1. The SMILES string of the molecule is COc1ccccc1[C@H](CC[NH2+][C@@H](C)c1cccs1)c1ccc(OC(C)C)cc1. The number of hydrogen-bond donors (Lipinski definition) is 1. The van der Waals surface area contributed by atoms with Gasteiger partial charge in [-0.05, 0) is 56.0 Å². The molecule has 3 rings (SSSR count). The van der Waals surface area contributed by atoms with Gasteiger partial charge in [0, 0.05) is 17.9 Å². The summed E-state index contributed by atoms with van der Waals surface area (Å²) in [6, 6.07) is 21.7. The van der Waals surface area contributed by atoms with Gasteiger partial charge < -0.3 is 14.8 Å². The Morgan fingerprint density at radius 3 is 2.34 bits per heavy atom. The molecule has 0 bridgehead atoms. The van der Waals surface area contributed by atoms with Crippen LogP contribution in [0.15, 0.2) is 66.0 Å². The van der Waals surface area contributed by atoms with Gasteiger partial charge in [-0.25, -0.2) is 0 Å². The van der Waals surface area contributed by atoms with Gasteiger partial charge in [-0.1, -0.05) is 36.4 Å². The average molecular weight is 411 g/mol. The molecule has 0 unspecified atom stereocenters. The summed E-state index contributed by atoms with van der Waals surface area (Å²) in [6.07, 6.45) is 1.22. The zero-order chi connectivity index (χ0) is 20.6. The monoisotopic (exact) mass is 410 g/mol. The highest BCUT2D eigenvalue weighted by molar-refractivity contribution is 7.10. The van der Waals surface area contributed by atoms with E-state index in [1.165, 1.54) is 16.0 Å². The van der Waals surface area contributed by atoms with E-state index < -0.39 is 0 Å². The first-order chi connectivity index (χ1) is 14.1. The molecule has 3 aromatic rings. The number of benzene rings is 2. The molecule has 0 saturated carbocycles. The molecule has 1 aromatic heterocycles. The summed E-state index contributed by atoms with van der Waals surface area (Å²) in [6.45, 7) is 7.43. The summed E-state index contributed by atoms with van der Waals surface area (Å²) in [5, 5.41) is 4.59.